The van der Waals surface area contributed by atoms with Crippen LogP contribution in [-0.4, -0.2) is 18.5 Å². The molecule has 2 aromatic rings. The van der Waals surface area contributed by atoms with Gasteiger partial charge in [-0.05, 0) is 29.9 Å². The van der Waals surface area contributed by atoms with Crippen molar-refractivity contribution < 1.29 is 4.79 Å². The largest absolute Gasteiger partial charge is 0.354 e. The van der Waals surface area contributed by atoms with E-state index < -0.39 is 6.04 Å². The lowest BCUT2D eigenvalue weighted by Crippen LogP contribution is -2.42. The third-order valence-electron chi connectivity index (χ3n) is 2.89. The smallest absolute Gasteiger partial charge is 0.237 e. The summed E-state index contributed by atoms with van der Waals surface area (Å²) >= 11 is 1.70. The lowest BCUT2D eigenvalue weighted by atomic mass is 10.1. The quantitative estimate of drug-likeness (QED) is 0.861. The molecule has 3 nitrogen and oxygen atoms in total. The molecule has 5 heteroatoms. The van der Waals surface area contributed by atoms with Gasteiger partial charge in [0.1, 0.15) is 0 Å². The number of carbonyl (C=O) groups is 1. The molecule has 0 radical (unpaired) electrons. The van der Waals surface area contributed by atoms with Crippen LogP contribution in [0, 0.1) is 0 Å². The van der Waals surface area contributed by atoms with Gasteiger partial charge < -0.3 is 11.1 Å². The molecule has 0 saturated heterocycles. The summed E-state index contributed by atoms with van der Waals surface area (Å²) in [5.74, 6) is -0.0830. The molecule has 1 atom stereocenters. The third-order valence-corrected chi connectivity index (χ3v) is 3.82. The minimum atomic E-state index is -0.481. The fourth-order valence-electron chi connectivity index (χ4n) is 1.86. The summed E-state index contributed by atoms with van der Waals surface area (Å²) in [7, 11) is 0. The molecule has 0 aliphatic carbocycles. The van der Waals surface area contributed by atoms with E-state index in [2.05, 4.69) is 11.4 Å². The molecule has 0 aliphatic rings. The van der Waals surface area contributed by atoms with Crippen LogP contribution in [0.25, 0.3) is 0 Å². The second-order valence-corrected chi connectivity index (χ2v) is 5.45. The molecule has 3 N–H and O–H groups in total. The maximum atomic E-state index is 11.8. The van der Waals surface area contributed by atoms with Gasteiger partial charge in [0, 0.05) is 11.4 Å². The molecule has 0 saturated carbocycles. The lowest BCUT2D eigenvalue weighted by molar-refractivity contribution is -0.122. The maximum Gasteiger partial charge on any atom is 0.237 e. The summed E-state index contributed by atoms with van der Waals surface area (Å²) in [6.07, 6.45) is 1.44. The molecule has 1 amide bonds. The Hall–Kier alpha value is -1.36. The Morgan fingerprint density at radius 3 is 2.60 bits per heavy atom. The van der Waals surface area contributed by atoms with Gasteiger partial charge in [0.05, 0.1) is 6.04 Å². The predicted molar refractivity (Wildman–Crippen MR) is 86.4 cm³/mol. The van der Waals surface area contributed by atoms with Gasteiger partial charge in [0.2, 0.25) is 5.91 Å². The van der Waals surface area contributed by atoms with Crippen LogP contribution in [-0.2, 0) is 17.6 Å². The van der Waals surface area contributed by atoms with Crippen molar-refractivity contribution in [3.05, 3.63) is 58.3 Å². The van der Waals surface area contributed by atoms with Crippen molar-refractivity contribution in [1.29, 1.82) is 0 Å². The summed E-state index contributed by atoms with van der Waals surface area (Å²) in [5.41, 5.74) is 6.99. The Bertz CT molecular complexity index is 502. The molecule has 0 fully saturated rings. The van der Waals surface area contributed by atoms with E-state index in [1.54, 1.807) is 11.3 Å². The Morgan fingerprint density at radius 2 is 1.95 bits per heavy atom. The average molecular weight is 311 g/mol. The lowest BCUT2D eigenvalue weighted by Gasteiger charge is -2.12. The molecule has 0 aliphatic heterocycles. The Kier molecular flexibility index (Phi) is 7.30. The normalized spacial score (nSPS) is 11.4. The van der Waals surface area contributed by atoms with Gasteiger partial charge in [-0.25, -0.2) is 0 Å². The first-order chi connectivity index (χ1) is 9.25. The van der Waals surface area contributed by atoms with Crippen LogP contribution in [0.15, 0.2) is 47.8 Å². The first-order valence-corrected chi connectivity index (χ1v) is 7.23. The fourth-order valence-corrected chi connectivity index (χ4v) is 2.56. The number of carbonyl (C=O) groups excluding carboxylic acids is 1. The zero-order valence-electron chi connectivity index (χ0n) is 11.1. The number of nitrogens with two attached hydrogens (primary N) is 1. The van der Waals surface area contributed by atoms with Gasteiger partial charge in [-0.15, -0.1) is 23.7 Å². The van der Waals surface area contributed by atoms with Crippen molar-refractivity contribution in [2.24, 2.45) is 5.73 Å². The van der Waals surface area contributed by atoms with E-state index in [-0.39, 0.29) is 18.3 Å². The van der Waals surface area contributed by atoms with E-state index in [0.717, 1.165) is 12.0 Å². The van der Waals surface area contributed by atoms with Crippen LogP contribution >= 0.6 is 23.7 Å². The average Bonchev–Trinajstić information content (AvgIpc) is 2.93. The molecule has 1 aromatic heterocycles. The highest BCUT2D eigenvalue weighted by Crippen LogP contribution is 2.08. The van der Waals surface area contributed by atoms with Crippen LogP contribution in [0.3, 0.4) is 0 Å². The number of thiophene rings is 1. The molecule has 0 bridgehead atoms. The summed E-state index contributed by atoms with van der Waals surface area (Å²) in [6, 6.07) is 13.4. The van der Waals surface area contributed by atoms with E-state index in [9.17, 15) is 4.79 Å². The Labute approximate surface area is 129 Å². The Balaban J connectivity index is 0.00000200. The number of hydrogen-bond donors (Lipinski definition) is 2. The van der Waals surface area contributed by atoms with Crippen LogP contribution in [0.2, 0.25) is 0 Å². The van der Waals surface area contributed by atoms with Crippen molar-refractivity contribution in [2.45, 2.75) is 18.9 Å². The second kappa shape index (κ2) is 8.74. The van der Waals surface area contributed by atoms with E-state index in [0.29, 0.717) is 13.0 Å². The van der Waals surface area contributed by atoms with Crippen molar-refractivity contribution in [2.75, 3.05) is 6.54 Å². The highest BCUT2D eigenvalue weighted by molar-refractivity contribution is 7.09. The molecule has 1 heterocycles. The van der Waals surface area contributed by atoms with Crippen molar-refractivity contribution in [1.82, 2.24) is 5.32 Å². The fraction of sp³-hybridized carbons (Fsp3) is 0.267. The van der Waals surface area contributed by atoms with E-state index in [4.69, 9.17) is 5.73 Å². The van der Waals surface area contributed by atoms with Gasteiger partial charge in [-0.3, -0.25) is 4.79 Å². The van der Waals surface area contributed by atoms with E-state index >= 15 is 0 Å². The third kappa shape index (κ3) is 5.33. The topological polar surface area (TPSA) is 55.1 Å². The molecule has 1 unspecified atom stereocenters. The maximum absolute atomic E-state index is 11.8. The van der Waals surface area contributed by atoms with Crippen molar-refractivity contribution in [3.63, 3.8) is 0 Å². The molecular weight excluding hydrogens is 292 g/mol. The monoisotopic (exact) mass is 310 g/mol. The van der Waals surface area contributed by atoms with Crippen LogP contribution in [0.5, 0.6) is 0 Å². The number of amides is 1. The van der Waals surface area contributed by atoms with Gasteiger partial charge in [0.15, 0.2) is 0 Å². The SMILES string of the molecule is Cl.NC(Cc1ccccc1)C(=O)NCCc1cccs1. The highest BCUT2D eigenvalue weighted by atomic mass is 35.5. The summed E-state index contributed by atoms with van der Waals surface area (Å²) in [5, 5.41) is 4.92. The van der Waals surface area contributed by atoms with Crippen molar-refractivity contribution in [3.8, 4) is 0 Å². The van der Waals surface area contributed by atoms with Crippen molar-refractivity contribution >= 4 is 29.7 Å². The molecule has 0 spiro atoms. The zero-order valence-corrected chi connectivity index (χ0v) is 12.8. The van der Waals surface area contributed by atoms with Gasteiger partial charge in [-0.2, -0.15) is 0 Å². The minimum Gasteiger partial charge on any atom is -0.354 e. The van der Waals surface area contributed by atoms with Gasteiger partial charge >= 0.3 is 0 Å². The summed E-state index contributed by atoms with van der Waals surface area (Å²) in [6.45, 7) is 0.641. The molecular formula is C15H19ClN2OS. The number of halogens is 1. The molecule has 20 heavy (non-hydrogen) atoms. The number of hydrogen-bond acceptors (Lipinski definition) is 3. The number of benzene rings is 1. The zero-order chi connectivity index (χ0) is 13.5. The van der Waals surface area contributed by atoms with E-state index in [1.807, 2.05) is 41.8 Å². The first kappa shape index (κ1) is 16.7. The molecule has 1 aromatic carbocycles. The predicted octanol–water partition coefficient (Wildman–Crippen LogP) is 2.40. The van der Waals surface area contributed by atoms with Gasteiger partial charge in [0.25, 0.3) is 0 Å². The number of nitrogens with one attached hydrogen (secondary N) is 1. The number of rotatable bonds is 6. The highest BCUT2D eigenvalue weighted by Gasteiger charge is 2.13. The van der Waals surface area contributed by atoms with Crippen LogP contribution in [0.1, 0.15) is 10.4 Å². The first-order valence-electron chi connectivity index (χ1n) is 6.35. The Morgan fingerprint density at radius 1 is 1.20 bits per heavy atom. The summed E-state index contributed by atoms with van der Waals surface area (Å²) in [4.78, 5) is 13.1. The van der Waals surface area contributed by atoms with Gasteiger partial charge in [-0.1, -0.05) is 36.4 Å². The minimum absolute atomic E-state index is 0. The second-order valence-electron chi connectivity index (χ2n) is 4.42. The molecule has 2 rings (SSSR count). The standard InChI is InChI=1S/C15H18N2OS.ClH/c16-14(11-12-5-2-1-3-6-12)15(18)17-9-8-13-7-4-10-19-13;/h1-7,10,14H,8-9,11,16H2,(H,17,18);1H. The van der Waals surface area contributed by atoms with E-state index in [1.165, 1.54) is 4.88 Å². The van der Waals surface area contributed by atoms with Crippen LogP contribution in [0.4, 0.5) is 0 Å². The summed E-state index contributed by atoms with van der Waals surface area (Å²) < 4.78 is 0. The molecule has 108 valence electrons. The van der Waals surface area contributed by atoms with Crippen LogP contribution < -0.4 is 11.1 Å².